The summed E-state index contributed by atoms with van der Waals surface area (Å²) in [6, 6.07) is 23.4. The molecule has 0 aromatic heterocycles. The molecule has 0 saturated carbocycles. The van der Waals surface area contributed by atoms with Crippen LogP contribution in [0.2, 0.25) is 0 Å². The summed E-state index contributed by atoms with van der Waals surface area (Å²) in [6.45, 7) is 4.34. The van der Waals surface area contributed by atoms with Crippen LogP contribution in [0.15, 0.2) is 78.9 Å². The summed E-state index contributed by atoms with van der Waals surface area (Å²) < 4.78 is 5.42. The number of ether oxygens (including phenoxy) is 1. The highest BCUT2D eigenvalue weighted by atomic mass is 32.1. The molecule has 32 heavy (non-hydrogen) atoms. The maximum Gasteiger partial charge on any atom is 0.257 e. The summed E-state index contributed by atoms with van der Waals surface area (Å²) >= 11 is 5.24. The van der Waals surface area contributed by atoms with Gasteiger partial charge < -0.3 is 15.4 Å². The lowest BCUT2D eigenvalue weighted by atomic mass is 10.1. The van der Waals surface area contributed by atoms with Crippen molar-refractivity contribution in [3.63, 3.8) is 0 Å². The predicted molar refractivity (Wildman–Crippen MR) is 130 cm³/mol. The summed E-state index contributed by atoms with van der Waals surface area (Å²) in [6.07, 6.45) is 0. The van der Waals surface area contributed by atoms with Crippen molar-refractivity contribution in [2.24, 2.45) is 0 Å². The predicted octanol–water partition coefficient (Wildman–Crippen LogP) is 4.70. The molecule has 1 unspecified atom stereocenters. The average molecular weight is 448 g/mol. The van der Waals surface area contributed by atoms with E-state index in [2.05, 4.69) is 16.0 Å². The van der Waals surface area contributed by atoms with Crippen LogP contribution >= 0.6 is 12.2 Å². The quantitative estimate of drug-likeness (QED) is 0.458. The minimum absolute atomic E-state index is 0.106. The zero-order valence-electron chi connectivity index (χ0n) is 17.9. The molecule has 3 aromatic rings. The van der Waals surface area contributed by atoms with E-state index in [0.717, 1.165) is 5.56 Å². The highest BCUT2D eigenvalue weighted by Gasteiger charge is 2.12. The number of rotatable bonds is 7. The van der Waals surface area contributed by atoms with E-state index in [1.165, 1.54) is 0 Å². The first-order valence-corrected chi connectivity index (χ1v) is 10.7. The number of nitrogens with one attached hydrogen (secondary N) is 3. The zero-order chi connectivity index (χ0) is 22.9. The van der Waals surface area contributed by atoms with Gasteiger partial charge in [-0.05, 0) is 74.1 Å². The van der Waals surface area contributed by atoms with Gasteiger partial charge in [-0.15, -0.1) is 0 Å². The molecule has 0 heterocycles. The maximum atomic E-state index is 12.5. The fourth-order valence-electron chi connectivity index (χ4n) is 3.04. The monoisotopic (exact) mass is 447 g/mol. The molecule has 0 spiro atoms. The van der Waals surface area contributed by atoms with Crippen LogP contribution in [0.5, 0.6) is 5.75 Å². The summed E-state index contributed by atoms with van der Waals surface area (Å²) in [7, 11) is 0. The standard InChI is InChI=1S/C25H25N3O3S/c1-3-31-22-11-7-10-20(16-22)24(30)28-25(32)27-21-14-12-19(13-15-21)23(29)26-17(2)18-8-5-4-6-9-18/h4-17H,3H2,1-2H3,(H,26,29)(H2,27,28,30,32). The van der Waals surface area contributed by atoms with Gasteiger partial charge in [0.1, 0.15) is 5.75 Å². The summed E-state index contributed by atoms with van der Waals surface area (Å²) in [5.41, 5.74) is 2.67. The largest absolute Gasteiger partial charge is 0.494 e. The number of thiocarbonyl (C=S) groups is 1. The van der Waals surface area contributed by atoms with Gasteiger partial charge in [-0.1, -0.05) is 36.4 Å². The molecule has 2 amide bonds. The lowest BCUT2D eigenvalue weighted by molar-refractivity contribution is 0.0938. The van der Waals surface area contributed by atoms with E-state index in [1.807, 2.05) is 44.2 Å². The van der Waals surface area contributed by atoms with Crippen molar-refractivity contribution in [1.82, 2.24) is 10.6 Å². The molecule has 0 aliphatic carbocycles. The van der Waals surface area contributed by atoms with Crippen LogP contribution in [0, 0.1) is 0 Å². The lowest BCUT2D eigenvalue weighted by Gasteiger charge is -2.15. The van der Waals surface area contributed by atoms with E-state index >= 15 is 0 Å². The van der Waals surface area contributed by atoms with Crippen molar-refractivity contribution in [3.05, 3.63) is 95.6 Å². The Morgan fingerprint density at radius 2 is 1.62 bits per heavy atom. The Bertz CT molecular complexity index is 1090. The van der Waals surface area contributed by atoms with E-state index in [0.29, 0.717) is 29.2 Å². The Kier molecular flexibility index (Phi) is 7.94. The van der Waals surface area contributed by atoms with Crippen molar-refractivity contribution in [1.29, 1.82) is 0 Å². The van der Waals surface area contributed by atoms with Gasteiger partial charge in [0.05, 0.1) is 12.6 Å². The molecular formula is C25H25N3O3S. The molecule has 3 aromatic carbocycles. The molecule has 0 bridgehead atoms. The number of carbonyl (C=O) groups excluding carboxylic acids is 2. The van der Waals surface area contributed by atoms with Crippen LogP contribution in [0.4, 0.5) is 5.69 Å². The highest BCUT2D eigenvalue weighted by Crippen LogP contribution is 2.15. The number of anilines is 1. The summed E-state index contributed by atoms with van der Waals surface area (Å²) in [5.74, 6) is 0.113. The molecule has 1 atom stereocenters. The van der Waals surface area contributed by atoms with E-state index in [4.69, 9.17) is 17.0 Å². The highest BCUT2D eigenvalue weighted by molar-refractivity contribution is 7.80. The van der Waals surface area contributed by atoms with Gasteiger partial charge in [0, 0.05) is 16.8 Å². The molecule has 0 saturated heterocycles. The Labute approximate surface area is 193 Å². The first-order valence-electron chi connectivity index (χ1n) is 10.3. The average Bonchev–Trinajstić information content (AvgIpc) is 2.80. The molecular weight excluding hydrogens is 422 g/mol. The third-order valence-electron chi connectivity index (χ3n) is 4.69. The molecule has 3 rings (SSSR count). The number of benzene rings is 3. The minimum Gasteiger partial charge on any atom is -0.494 e. The second-order valence-corrected chi connectivity index (χ2v) is 7.46. The molecule has 3 N–H and O–H groups in total. The van der Waals surface area contributed by atoms with Crippen LogP contribution in [0.25, 0.3) is 0 Å². The Balaban J connectivity index is 1.54. The maximum absolute atomic E-state index is 12.5. The van der Waals surface area contributed by atoms with E-state index in [-0.39, 0.29) is 23.0 Å². The number of amides is 2. The Morgan fingerprint density at radius 3 is 2.31 bits per heavy atom. The Morgan fingerprint density at radius 1 is 0.906 bits per heavy atom. The second kappa shape index (κ2) is 11.1. The number of hydrogen-bond acceptors (Lipinski definition) is 4. The van der Waals surface area contributed by atoms with Crippen LogP contribution in [-0.2, 0) is 0 Å². The number of carbonyl (C=O) groups is 2. The molecule has 0 aliphatic rings. The van der Waals surface area contributed by atoms with Gasteiger partial charge in [-0.25, -0.2) is 0 Å². The van der Waals surface area contributed by atoms with Gasteiger partial charge >= 0.3 is 0 Å². The Hall–Kier alpha value is -3.71. The van der Waals surface area contributed by atoms with Gasteiger partial charge in [0.15, 0.2) is 5.11 Å². The molecule has 164 valence electrons. The van der Waals surface area contributed by atoms with Gasteiger partial charge in [0.2, 0.25) is 0 Å². The fourth-order valence-corrected chi connectivity index (χ4v) is 3.25. The normalized spacial score (nSPS) is 11.2. The first kappa shape index (κ1) is 23.0. The fraction of sp³-hybridized carbons (Fsp3) is 0.160. The van der Waals surface area contributed by atoms with Crippen molar-refractivity contribution in [2.45, 2.75) is 19.9 Å². The molecule has 0 aliphatic heterocycles. The molecule has 0 radical (unpaired) electrons. The van der Waals surface area contributed by atoms with Gasteiger partial charge in [-0.2, -0.15) is 0 Å². The zero-order valence-corrected chi connectivity index (χ0v) is 18.7. The minimum atomic E-state index is -0.338. The van der Waals surface area contributed by atoms with Gasteiger partial charge in [0.25, 0.3) is 11.8 Å². The van der Waals surface area contributed by atoms with E-state index in [1.54, 1.807) is 48.5 Å². The first-order chi connectivity index (χ1) is 15.5. The summed E-state index contributed by atoms with van der Waals surface area (Å²) in [4.78, 5) is 24.9. The van der Waals surface area contributed by atoms with Crippen LogP contribution in [0.3, 0.4) is 0 Å². The van der Waals surface area contributed by atoms with E-state index < -0.39 is 0 Å². The summed E-state index contributed by atoms with van der Waals surface area (Å²) in [5, 5.41) is 8.73. The molecule has 7 heteroatoms. The second-order valence-electron chi connectivity index (χ2n) is 7.05. The smallest absolute Gasteiger partial charge is 0.257 e. The van der Waals surface area contributed by atoms with Crippen LogP contribution in [0.1, 0.15) is 46.2 Å². The number of hydrogen-bond donors (Lipinski definition) is 3. The van der Waals surface area contributed by atoms with Crippen molar-refractivity contribution in [3.8, 4) is 5.75 Å². The third kappa shape index (κ3) is 6.39. The van der Waals surface area contributed by atoms with Gasteiger partial charge in [-0.3, -0.25) is 14.9 Å². The molecule has 6 nitrogen and oxygen atoms in total. The SMILES string of the molecule is CCOc1cccc(C(=O)NC(=S)Nc2ccc(C(=O)NC(C)c3ccccc3)cc2)c1. The molecule has 0 fully saturated rings. The van der Waals surface area contributed by atoms with E-state index in [9.17, 15) is 9.59 Å². The lowest BCUT2D eigenvalue weighted by Crippen LogP contribution is -2.34. The van der Waals surface area contributed by atoms with Crippen molar-refractivity contribution in [2.75, 3.05) is 11.9 Å². The van der Waals surface area contributed by atoms with Crippen LogP contribution < -0.4 is 20.7 Å². The van der Waals surface area contributed by atoms with Crippen LogP contribution in [-0.4, -0.2) is 23.5 Å². The third-order valence-corrected chi connectivity index (χ3v) is 4.89. The van der Waals surface area contributed by atoms with Crippen molar-refractivity contribution >= 4 is 34.8 Å². The van der Waals surface area contributed by atoms with Crippen molar-refractivity contribution < 1.29 is 14.3 Å². The topological polar surface area (TPSA) is 79.5 Å².